The van der Waals surface area contributed by atoms with Gasteiger partial charge in [-0.3, -0.25) is 28.8 Å². The maximum atomic E-state index is 13.2. The van der Waals surface area contributed by atoms with Crippen LogP contribution in [0.25, 0.3) is 0 Å². The first-order valence-corrected chi connectivity index (χ1v) is 14.4. The van der Waals surface area contributed by atoms with Crippen LogP contribution < -0.4 is 32.3 Å². The predicted octanol–water partition coefficient (Wildman–Crippen LogP) is 0.0871. The number of hydrogen-bond acceptors (Lipinski definition) is 7. The first-order valence-electron chi connectivity index (χ1n) is 14.4. The van der Waals surface area contributed by atoms with E-state index in [2.05, 4.69) is 39.1 Å². The Bertz CT molecular complexity index is 1300. The first-order chi connectivity index (χ1) is 21.2. The topological polar surface area (TPSA) is 209 Å². The molecular formula is C32H44N6O7. The van der Waals surface area contributed by atoms with E-state index in [9.17, 15) is 33.9 Å². The highest BCUT2D eigenvalue weighted by Crippen LogP contribution is 2.12. The molecule has 0 saturated carbocycles. The lowest BCUT2D eigenvalue weighted by molar-refractivity contribution is -0.133. The molecule has 0 aromatic heterocycles. The molecular weight excluding hydrogens is 580 g/mol. The van der Waals surface area contributed by atoms with Crippen LogP contribution in [-0.2, 0) is 35.2 Å². The van der Waals surface area contributed by atoms with E-state index in [1.165, 1.54) is 25.1 Å². The Morgan fingerprint density at radius 3 is 2.04 bits per heavy atom. The Morgan fingerprint density at radius 1 is 0.911 bits per heavy atom. The van der Waals surface area contributed by atoms with E-state index in [0.29, 0.717) is 17.6 Å². The van der Waals surface area contributed by atoms with Crippen LogP contribution in [0.5, 0.6) is 5.75 Å². The minimum Gasteiger partial charge on any atom is -0.508 e. The second-order valence-corrected chi connectivity index (χ2v) is 11.0. The van der Waals surface area contributed by atoms with Crippen molar-refractivity contribution < 1.29 is 33.9 Å². The summed E-state index contributed by atoms with van der Waals surface area (Å²) in [5, 5.41) is 22.1. The van der Waals surface area contributed by atoms with E-state index >= 15 is 0 Å². The minimum absolute atomic E-state index is 0.0396. The SMILES string of the molecule is C#CCC(NC(=O)CNC(=O)C(Cc1ccc(O)cc1)NC(C)=O)C(=O)NC(C/C(C)=C/C=C)C(=O)NC(CC(C)C)C(N)=O. The molecule has 1 aromatic rings. The highest BCUT2D eigenvalue weighted by molar-refractivity contribution is 5.95. The zero-order valence-corrected chi connectivity index (χ0v) is 26.1. The van der Waals surface area contributed by atoms with E-state index in [4.69, 9.17) is 12.2 Å². The number of allylic oxidation sites excluding steroid dienone is 2. The van der Waals surface area contributed by atoms with E-state index in [1.807, 2.05) is 13.8 Å². The summed E-state index contributed by atoms with van der Waals surface area (Å²) in [6, 6.07) is 1.68. The molecule has 0 aliphatic heterocycles. The van der Waals surface area contributed by atoms with Gasteiger partial charge < -0.3 is 37.4 Å². The largest absolute Gasteiger partial charge is 0.508 e. The fourth-order valence-electron chi connectivity index (χ4n) is 4.25. The van der Waals surface area contributed by atoms with E-state index < -0.39 is 66.2 Å². The van der Waals surface area contributed by atoms with Crippen molar-refractivity contribution in [2.45, 2.75) is 77.5 Å². The molecule has 1 rings (SSSR count). The van der Waals surface area contributed by atoms with Crippen molar-refractivity contribution in [2.75, 3.05) is 6.54 Å². The van der Waals surface area contributed by atoms with Crippen LogP contribution >= 0.6 is 0 Å². The fourth-order valence-corrected chi connectivity index (χ4v) is 4.25. The number of benzene rings is 1. The molecule has 0 saturated heterocycles. The average Bonchev–Trinajstić information content (AvgIpc) is 2.95. The van der Waals surface area contributed by atoms with E-state index in [1.54, 1.807) is 25.1 Å². The lowest BCUT2D eigenvalue weighted by atomic mass is 10.0. The predicted molar refractivity (Wildman–Crippen MR) is 169 cm³/mol. The molecule has 13 heteroatoms. The lowest BCUT2D eigenvalue weighted by Gasteiger charge is -2.25. The molecule has 0 radical (unpaired) electrons. The number of hydrogen-bond donors (Lipinski definition) is 7. The molecule has 0 heterocycles. The van der Waals surface area contributed by atoms with Gasteiger partial charge in [0.2, 0.25) is 35.4 Å². The minimum atomic E-state index is -1.26. The Morgan fingerprint density at radius 2 is 1.51 bits per heavy atom. The average molecular weight is 625 g/mol. The van der Waals surface area contributed by atoms with Crippen molar-refractivity contribution in [1.29, 1.82) is 0 Å². The number of nitrogens with one attached hydrogen (secondary N) is 5. The van der Waals surface area contributed by atoms with Gasteiger partial charge in [0, 0.05) is 19.8 Å². The number of terminal acetylenes is 1. The van der Waals surface area contributed by atoms with E-state index in [-0.39, 0.29) is 30.9 Å². The zero-order valence-electron chi connectivity index (χ0n) is 26.1. The summed E-state index contributed by atoms with van der Waals surface area (Å²) >= 11 is 0. The highest BCUT2D eigenvalue weighted by Gasteiger charge is 2.29. The van der Waals surface area contributed by atoms with Crippen LogP contribution in [0.4, 0.5) is 0 Å². The van der Waals surface area contributed by atoms with Gasteiger partial charge in [-0.15, -0.1) is 12.3 Å². The van der Waals surface area contributed by atoms with Crippen molar-refractivity contribution >= 4 is 35.4 Å². The summed E-state index contributed by atoms with van der Waals surface area (Å²) < 4.78 is 0. The second kappa shape index (κ2) is 19.2. The smallest absolute Gasteiger partial charge is 0.244 e. The molecule has 1 aromatic carbocycles. The number of carbonyl (C=O) groups is 6. The van der Waals surface area contributed by atoms with Crippen molar-refractivity contribution in [2.24, 2.45) is 11.7 Å². The van der Waals surface area contributed by atoms with Crippen LogP contribution in [0.3, 0.4) is 0 Å². The van der Waals surface area contributed by atoms with Crippen LogP contribution in [-0.4, -0.2) is 71.3 Å². The van der Waals surface area contributed by atoms with Gasteiger partial charge in [0.1, 0.15) is 29.9 Å². The molecule has 0 bridgehead atoms. The third-order valence-electron chi connectivity index (χ3n) is 6.40. The van der Waals surface area contributed by atoms with Crippen LogP contribution in [0.15, 0.2) is 48.6 Å². The monoisotopic (exact) mass is 624 g/mol. The van der Waals surface area contributed by atoms with Crippen LogP contribution in [0.2, 0.25) is 0 Å². The maximum absolute atomic E-state index is 13.2. The zero-order chi connectivity index (χ0) is 34.1. The molecule has 244 valence electrons. The Kier molecular flexibility index (Phi) is 16.2. The molecule has 6 amide bonds. The fraction of sp³-hybridized carbons (Fsp3) is 0.438. The number of nitrogens with two attached hydrogens (primary N) is 1. The number of rotatable bonds is 18. The summed E-state index contributed by atoms with van der Waals surface area (Å²) in [4.78, 5) is 75.6. The van der Waals surface area contributed by atoms with Crippen molar-refractivity contribution in [3.63, 3.8) is 0 Å². The summed E-state index contributed by atoms with van der Waals surface area (Å²) in [6.07, 6.45) is 8.83. The second-order valence-electron chi connectivity index (χ2n) is 11.0. The molecule has 45 heavy (non-hydrogen) atoms. The highest BCUT2D eigenvalue weighted by atomic mass is 16.3. The molecule has 0 aliphatic carbocycles. The van der Waals surface area contributed by atoms with Crippen molar-refractivity contribution in [3.8, 4) is 18.1 Å². The normalized spacial score (nSPS) is 13.6. The Balaban J connectivity index is 2.98. The van der Waals surface area contributed by atoms with Crippen LogP contribution in [0.1, 0.15) is 52.5 Å². The number of amides is 6. The molecule has 0 fully saturated rings. The quantitative estimate of drug-likeness (QED) is 0.0883. The van der Waals surface area contributed by atoms with Gasteiger partial charge in [0.15, 0.2) is 0 Å². The van der Waals surface area contributed by atoms with Gasteiger partial charge in [-0.25, -0.2) is 0 Å². The number of phenolic OH excluding ortho intramolecular Hbond substituents is 1. The van der Waals surface area contributed by atoms with Gasteiger partial charge in [0.05, 0.1) is 6.54 Å². The van der Waals surface area contributed by atoms with Gasteiger partial charge in [-0.1, -0.05) is 50.3 Å². The van der Waals surface area contributed by atoms with Gasteiger partial charge in [0.25, 0.3) is 0 Å². The van der Waals surface area contributed by atoms with Crippen LogP contribution in [0, 0.1) is 18.3 Å². The Hall–Kier alpha value is -5.12. The number of carbonyl (C=O) groups excluding carboxylic acids is 6. The third-order valence-corrected chi connectivity index (χ3v) is 6.40. The van der Waals surface area contributed by atoms with Gasteiger partial charge in [-0.2, -0.15) is 0 Å². The van der Waals surface area contributed by atoms with Gasteiger partial charge in [-0.05, 0) is 43.4 Å². The van der Waals surface area contributed by atoms with Crippen molar-refractivity contribution in [1.82, 2.24) is 26.6 Å². The molecule has 4 unspecified atom stereocenters. The third kappa shape index (κ3) is 14.7. The standard InChI is InChI=1S/C32H44N6O7/c1-7-9-20(5)16-26(32(45)37-25(29(33)42)15-19(3)4)38-31(44)24(10-8-2)36-28(41)18-34-30(43)27(35-21(6)39)17-22-11-13-23(40)14-12-22/h2,7,9,11-14,19,24-27,40H,1,10,15-18H2,3-6H3,(H2,33,42)(H,34,43)(H,35,39)(H,36,41)(H,37,45)(H,38,44)/b20-9+. The number of aromatic hydroxyl groups is 1. The molecule has 0 spiro atoms. The summed E-state index contributed by atoms with van der Waals surface area (Å²) in [6.45, 7) is 9.79. The number of phenols is 1. The van der Waals surface area contributed by atoms with E-state index in [0.717, 1.165) is 0 Å². The summed E-state index contributed by atoms with van der Waals surface area (Å²) in [5.74, 6) is -1.61. The van der Waals surface area contributed by atoms with Gasteiger partial charge >= 0.3 is 0 Å². The van der Waals surface area contributed by atoms with Crippen molar-refractivity contribution in [3.05, 3.63) is 54.1 Å². The molecule has 8 N–H and O–H groups in total. The number of primary amides is 1. The lowest BCUT2D eigenvalue weighted by Crippen LogP contribution is -2.57. The summed E-state index contributed by atoms with van der Waals surface area (Å²) in [7, 11) is 0. The maximum Gasteiger partial charge on any atom is 0.244 e. The summed E-state index contributed by atoms with van der Waals surface area (Å²) in [5.41, 5.74) is 6.82. The molecule has 13 nitrogen and oxygen atoms in total. The molecule has 4 atom stereocenters. The Labute approximate surface area is 263 Å². The molecule has 0 aliphatic rings. The first kappa shape index (κ1) is 37.9.